The lowest BCUT2D eigenvalue weighted by molar-refractivity contribution is 0.0654. The topological polar surface area (TPSA) is 41.6 Å². The maximum atomic E-state index is 12.4. The normalized spacial score (nSPS) is 19.1. The number of methoxy groups -OCH3 is 1. The Morgan fingerprint density at radius 3 is 3.00 bits per heavy atom. The summed E-state index contributed by atoms with van der Waals surface area (Å²) >= 11 is 1.44. The Morgan fingerprint density at radius 2 is 2.35 bits per heavy atom. The fourth-order valence-corrected chi connectivity index (χ4v) is 2.90. The first-order chi connectivity index (χ1) is 8.03. The first-order valence-corrected chi connectivity index (χ1v) is 6.57. The van der Waals surface area contributed by atoms with Gasteiger partial charge in [0.1, 0.15) is 10.6 Å². The molecule has 1 aliphatic rings. The van der Waals surface area contributed by atoms with Crippen LogP contribution < -0.4 is 10.1 Å². The van der Waals surface area contributed by atoms with E-state index >= 15 is 0 Å². The van der Waals surface area contributed by atoms with Gasteiger partial charge in [-0.15, -0.1) is 11.3 Å². The predicted octanol–water partition coefficient (Wildman–Crippen LogP) is 1.58. The number of rotatable bonds is 2. The molecule has 0 aliphatic carbocycles. The van der Waals surface area contributed by atoms with Gasteiger partial charge in [0.05, 0.1) is 7.11 Å². The molecule has 1 aliphatic heterocycles. The molecule has 1 aromatic heterocycles. The van der Waals surface area contributed by atoms with Crippen LogP contribution in [0.5, 0.6) is 5.75 Å². The summed E-state index contributed by atoms with van der Waals surface area (Å²) in [6.07, 6.45) is 0. The molecule has 2 heterocycles. The molecule has 5 heteroatoms. The third-order valence-corrected chi connectivity index (χ3v) is 3.79. The number of hydrogen-bond acceptors (Lipinski definition) is 4. The summed E-state index contributed by atoms with van der Waals surface area (Å²) in [5.74, 6) is 0.753. The zero-order valence-corrected chi connectivity index (χ0v) is 11.3. The van der Waals surface area contributed by atoms with Gasteiger partial charge in [0.2, 0.25) is 0 Å². The lowest BCUT2D eigenvalue weighted by Crippen LogP contribution is -2.58. The van der Waals surface area contributed by atoms with Gasteiger partial charge < -0.3 is 15.0 Å². The van der Waals surface area contributed by atoms with E-state index in [0.717, 1.165) is 19.6 Å². The van der Waals surface area contributed by atoms with Crippen molar-refractivity contribution in [1.82, 2.24) is 10.2 Å². The van der Waals surface area contributed by atoms with E-state index in [9.17, 15) is 4.79 Å². The number of ether oxygens (including phenoxy) is 1. The molecule has 1 fully saturated rings. The Hall–Kier alpha value is -1.07. The highest BCUT2D eigenvalue weighted by atomic mass is 32.1. The fourth-order valence-electron chi connectivity index (χ4n) is 2.07. The maximum absolute atomic E-state index is 12.4. The molecule has 0 unspecified atom stereocenters. The third kappa shape index (κ3) is 2.61. The van der Waals surface area contributed by atoms with E-state index in [1.54, 1.807) is 7.11 Å². The van der Waals surface area contributed by atoms with Gasteiger partial charge in [-0.25, -0.2) is 0 Å². The van der Waals surface area contributed by atoms with E-state index in [1.807, 2.05) is 16.3 Å². The number of piperazine rings is 1. The molecule has 0 atom stereocenters. The van der Waals surface area contributed by atoms with Crippen LogP contribution in [0.25, 0.3) is 0 Å². The highest BCUT2D eigenvalue weighted by Crippen LogP contribution is 2.26. The molecule has 0 spiro atoms. The second-order valence-electron chi connectivity index (χ2n) is 4.86. The van der Waals surface area contributed by atoms with E-state index in [1.165, 1.54) is 11.3 Å². The Bertz CT molecular complexity index is 414. The Kier molecular flexibility index (Phi) is 3.40. The van der Waals surface area contributed by atoms with E-state index in [-0.39, 0.29) is 11.4 Å². The molecule has 1 saturated heterocycles. The number of hydrogen-bond donors (Lipinski definition) is 1. The third-order valence-electron chi connectivity index (χ3n) is 2.90. The summed E-state index contributed by atoms with van der Waals surface area (Å²) in [4.78, 5) is 14.9. The highest BCUT2D eigenvalue weighted by molar-refractivity contribution is 7.12. The molecule has 0 saturated carbocycles. The molecule has 1 aromatic rings. The minimum atomic E-state index is -0.0155. The average molecular weight is 254 g/mol. The van der Waals surface area contributed by atoms with E-state index < -0.39 is 0 Å². The summed E-state index contributed by atoms with van der Waals surface area (Å²) in [5, 5.41) is 5.28. The van der Waals surface area contributed by atoms with Crippen molar-refractivity contribution in [2.75, 3.05) is 26.7 Å². The molecule has 0 radical (unpaired) electrons. The number of amides is 1. The molecule has 1 amide bonds. The quantitative estimate of drug-likeness (QED) is 0.871. The zero-order chi connectivity index (χ0) is 12.5. The van der Waals surface area contributed by atoms with Crippen LogP contribution >= 0.6 is 11.3 Å². The van der Waals surface area contributed by atoms with E-state index in [4.69, 9.17) is 4.74 Å². The number of carbonyl (C=O) groups excluding carboxylic acids is 1. The Labute approximate surface area is 106 Å². The van der Waals surface area contributed by atoms with Crippen LogP contribution in [0, 0.1) is 0 Å². The van der Waals surface area contributed by atoms with Crippen LogP contribution in [0.1, 0.15) is 23.5 Å². The van der Waals surface area contributed by atoms with Crippen LogP contribution in [0.2, 0.25) is 0 Å². The van der Waals surface area contributed by atoms with Crippen LogP contribution in [0.4, 0.5) is 0 Å². The zero-order valence-electron chi connectivity index (χ0n) is 10.4. The molecule has 4 nitrogen and oxygen atoms in total. The van der Waals surface area contributed by atoms with Crippen LogP contribution in [0.3, 0.4) is 0 Å². The average Bonchev–Trinajstić information content (AvgIpc) is 2.74. The lowest BCUT2D eigenvalue weighted by atomic mass is 10.0. The van der Waals surface area contributed by atoms with Gasteiger partial charge in [-0.3, -0.25) is 4.79 Å². The first-order valence-electron chi connectivity index (χ1n) is 5.69. The van der Waals surface area contributed by atoms with Gasteiger partial charge in [0, 0.05) is 25.2 Å². The molecule has 94 valence electrons. The molecule has 1 N–H and O–H groups in total. The smallest absolute Gasteiger partial charge is 0.267 e. The van der Waals surface area contributed by atoms with Crippen molar-refractivity contribution in [3.05, 3.63) is 16.3 Å². The minimum absolute atomic E-state index is 0.0155. The minimum Gasteiger partial charge on any atom is -0.495 e. The Balaban J connectivity index is 2.15. The summed E-state index contributed by atoms with van der Waals surface area (Å²) < 4.78 is 5.20. The predicted molar refractivity (Wildman–Crippen MR) is 68.9 cm³/mol. The van der Waals surface area contributed by atoms with Crippen LogP contribution in [-0.2, 0) is 0 Å². The molecular weight excluding hydrogens is 236 g/mol. The van der Waals surface area contributed by atoms with Crippen LogP contribution in [-0.4, -0.2) is 43.1 Å². The standard InChI is InChI=1S/C12H18N2O2S/c1-12(2)8-14(6-5-13-12)11(15)10-9(16-3)4-7-17-10/h4,7,13H,5-6,8H2,1-3H3. The summed E-state index contributed by atoms with van der Waals surface area (Å²) in [7, 11) is 1.60. The van der Waals surface area contributed by atoms with E-state index in [2.05, 4.69) is 19.2 Å². The van der Waals surface area contributed by atoms with Crippen LogP contribution in [0.15, 0.2) is 11.4 Å². The SMILES string of the molecule is COc1ccsc1C(=O)N1CCNC(C)(C)C1. The molecule has 17 heavy (non-hydrogen) atoms. The van der Waals surface area contributed by atoms with Crippen molar-refractivity contribution >= 4 is 17.2 Å². The summed E-state index contributed by atoms with van der Waals surface area (Å²) in [6.45, 7) is 6.54. The van der Waals surface area contributed by atoms with Gasteiger partial charge in [-0.1, -0.05) is 0 Å². The van der Waals surface area contributed by atoms with Gasteiger partial charge in [0.15, 0.2) is 0 Å². The number of thiophene rings is 1. The molecule has 2 rings (SSSR count). The van der Waals surface area contributed by atoms with Crippen molar-refractivity contribution in [3.8, 4) is 5.75 Å². The van der Waals surface area contributed by atoms with Crippen molar-refractivity contribution in [1.29, 1.82) is 0 Å². The van der Waals surface area contributed by atoms with Gasteiger partial charge >= 0.3 is 0 Å². The fraction of sp³-hybridized carbons (Fsp3) is 0.583. The first kappa shape index (κ1) is 12.4. The largest absolute Gasteiger partial charge is 0.495 e. The monoisotopic (exact) mass is 254 g/mol. The maximum Gasteiger partial charge on any atom is 0.267 e. The van der Waals surface area contributed by atoms with E-state index in [0.29, 0.717) is 10.6 Å². The highest BCUT2D eigenvalue weighted by Gasteiger charge is 2.30. The van der Waals surface area contributed by atoms with Crippen molar-refractivity contribution < 1.29 is 9.53 Å². The van der Waals surface area contributed by atoms with Gasteiger partial charge in [-0.05, 0) is 25.3 Å². The molecule has 0 bridgehead atoms. The molecular formula is C12H18N2O2S. The second kappa shape index (κ2) is 4.66. The second-order valence-corrected chi connectivity index (χ2v) is 5.77. The van der Waals surface area contributed by atoms with Crippen molar-refractivity contribution in [2.24, 2.45) is 0 Å². The lowest BCUT2D eigenvalue weighted by Gasteiger charge is -2.39. The van der Waals surface area contributed by atoms with Gasteiger partial charge in [0.25, 0.3) is 5.91 Å². The number of carbonyl (C=O) groups is 1. The van der Waals surface area contributed by atoms with Crippen molar-refractivity contribution in [2.45, 2.75) is 19.4 Å². The number of nitrogens with zero attached hydrogens (tertiary/aromatic N) is 1. The van der Waals surface area contributed by atoms with Crippen molar-refractivity contribution in [3.63, 3.8) is 0 Å². The molecule has 0 aromatic carbocycles. The summed E-state index contributed by atoms with van der Waals surface area (Å²) in [5.41, 5.74) is -0.0155. The van der Waals surface area contributed by atoms with Gasteiger partial charge in [-0.2, -0.15) is 0 Å². The number of nitrogens with one attached hydrogen (secondary N) is 1. The summed E-state index contributed by atoms with van der Waals surface area (Å²) in [6, 6.07) is 1.84. The Morgan fingerprint density at radius 1 is 1.59 bits per heavy atom.